The van der Waals surface area contributed by atoms with Crippen molar-refractivity contribution in [3.63, 3.8) is 0 Å². The van der Waals surface area contributed by atoms with E-state index in [0.717, 1.165) is 24.9 Å². The van der Waals surface area contributed by atoms with E-state index in [1.165, 1.54) is 0 Å². The molecule has 0 saturated carbocycles. The van der Waals surface area contributed by atoms with Gasteiger partial charge in [0, 0.05) is 38.3 Å². The lowest BCUT2D eigenvalue weighted by atomic mass is 10.1. The lowest BCUT2D eigenvalue weighted by molar-refractivity contribution is 0.0953. The Morgan fingerprint density at radius 1 is 1.39 bits per heavy atom. The van der Waals surface area contributed by atoms with Crippen molar-refractivity contribution in [2.24, 2.45) is 0 Å². The molecule has 0 bridgehead atoms. The highest BCUT2D eigenvalue weighted by Crippen LogP contribution is 2.13. The van der Waals surface area contributed by atoms with Gasteiger partial charge in [-0.1, -0.05) is 6.07 Å². The van der Waals surface area contributed by atoms with Gasteiger partial charge >= 0.3 is 0 Å². The molecule has 3 nitrogen and oxygen atoms in total. The standard InChI is InChI=1S/C15H20N2O/c1-4-5-6-7-11-16-15(18)13-9-8-10-14(12-13)17(2)3/h1,8-10,12H,5-7,11H2,2-3H3,(H,16,18). The lowest BCUT2D eigenvalue weighted by Crippen LogP contribution is -2.24. The first-order valence-corrected chi connectivity index (χ1v) is 6.14. The number of terminal acetylenes is 1. The van der Waals surface area contributed by atoms with Gasteiger partial charge in [-0.3, -0.25) is 4.79 Å². The highest BCUT2D eigenvalue weighted by molar-refractivity contribution is 5.95. The fourth-order valence-electron chi connectivity index (χ4n) is 1.58. The fraction of sp³-hybridized carbons (Fsp3) is 0.400. The third-order valence-electron chi connectivity index (χ3n) is 2.66. The Balaban J connectivity index is 2.46. The first-order chi connectivity index (χ1) is 8.65. The number of unbranched alkanes of at least 4 members (excludes halogenated alkanes) is 2. The third-order valence-corrected chi connectivity index (χ3v) is 2.66. The molecule has 1 aromatic rings. The topological polar surface area (TPSA) is 32.3 Å². The number of benzene rings is 1. The molecule has 0 atom stereocenters. The van der Waals surface area contributed by atoms with Crippen LogP contribution in [0, 0.1) is 12.3 Å². The number of hydrogen-bond donors (Lipinski definition) is 1. The zero-order valence-electron chi connectivity index (χ0n) is 11.1. The molecule has 0 unspecified atom stereocenters. The summed E-state index contributed by atoms with van der Waals surface area (Å²) in [6.45, 7) is 0.673. The zero-order chi connectivity index (χ0) is 13.4. The number of anilines is 1. The van der Waals surface area contributed by atoms with Crippen molar-refractivity contribution >= 4 is 11.6 Å². The molecule has 0 aromatic heterocycles. The summed E-state index contributed by atoms with van der Waals surface area (Å²) < 4.78 is 0. The summed E-state index contributed by atoms with van der Waals surface area (Å²) in [5, 5.41) is 2.90. The Bertz CT molecular complexity index is 432. The van der Waals surface area contributed by atoms with Crippen molar-refractivity contribution in [1.29, 1.82) is 0 Å². The van der Waals surface area contributed by atoms with Crippen LogP contribution in [0.3, 0.4) is 0 Å². The summed E-state index contributed by atoms with van der Waals surface area (Å²) in [5.41, 5.74) is 1.72. The van der Waals surface area contributed by atoms with E-state index in [4.69, 9.17) is 6.42 Å². The van der Waals surface area contributed by atoms with Gasteiger partial charge in [-0.15, -0.1) is 12.3 Å². The highest BCUT2D eigenvalue weighted by atomic mass is 16.1. The molecular weight excluding hydrogens is 224 g/mol. The summed E-state index contributed by atoms with van der Waals surface area (Å²) in [6.07, 6.45) is 7.81. The van der Waals surface area contributed by atoms with Crippen molar-refractivity contribution in [3.05, 3.63) is 29.8 Å². The Kier molecular flexibility index (Phi) is 5.79. The van der Waals surface area contributed by atoms with Gasteiger partial charge in [-0.05, 0) is 31.0 Å². The van der Waals surface area contributed by atoms with Crippen molar-refractivity contribution in [2.75, 3.05) is 25.5 Å². The SMILES string of the molecule is C#CCCCCNC(=O)c1cccc(N(C)C)c1. The second-order valence-corrected chi connectivity index (χ2v) is 4.36. The zero-order valence-corrected chi connectivity index (χ0v) is 11.1. The second-order valence-electron chi connectivity index (χ2n) is 4.36. The quantitative estimate of drug-likeness (QED) is 0.615. The molecule has 0 fully saturated rings. The molecule has 0 aliphatic rings. The summed E-state index contributed by atoms with van der Waals surface area (Å²) in [7, 11) is 3.91. The molecule has 1 aromatic carbocycles. The molecule has 96 valence electrons. The van der Waals surface area contributed by atoms with Gasteiger partial charge in [-0.2, -0.15) is 0 Å². The molecule has 0 radical (unpaired) electrons. The van der Waals surface area contributed by atoms with Crippen LogP contribution in [0.15, 0.2) is 24.3 Å². The smallest absolute Gasteiger partial charge is 0.251 e. The van der Waals surface area contributed by atoms with Crippen LogP contribution in [0.5, 0.6) is 0 Å². The maximum absolute atomic E-state index is 11.9. The average Bonchev–Trinajstić information content (AvgIpc) is 2.38. The Hall–Kier alpha value is -1.95. The molecule has 3 heteroatoms. The van der Waals surface area contributed by atoms with Gasteiger partial charge < -0.3 is 10.2 Å². The van der Waals surface area contributed by atoms with Crippen LogP contribution in [0.2, 0.25) is 0 Å². The van der Waals surface area contributed by atoms with Gasteiger partial charge in [0.1, 0.15) is 0 Å². The van der Waals surface area contributed by atoms with E-state index in [0.29, 0.717) is 12.1 Å². The molecule has 1 amide bonds. The number of carbonyl (C=O) groups excluding carboxylic acids is 1. The van der Waals surface area contributed by atoms with Crippen LogP contribution in [0.1, 0.15) is 29.6 Å². The van der Waals surface area contributed by atoms with Crippen LogP contribution in [-0.4, -0.2) is 26.5 Å². The van der Waals surface area contributed by atoms with E-state index in [1.54, 1.807) is 0 Å². The van der Waals surface area contributed by atoms with E-state index < -0.39 is 0 Å². The van der Waals surface area contributed by atoms with Crippen LogP contribution in [-0.2, 0) is 0 Å². The Morgan fingerprint density at radius 3 is 2.83 bits per heavy atom. The number of hydrogen-bond acceptors (Lipinski definition) is 2. The predicted octanol–water partition coefficient (Wildman–Crippen LogP) is 2.29. The van der Waals surface area contributed by atoms with E-state index >= 15 is 0 Å². The summed E-state index contributed by atoms with van der Waals surface area (Å²) in [6, 6.07) is 7.58. The first kappa shape index (κ1) is 14.1. The minimum Gasteiger partial charge on any atom is -0.378 e. The minimum atomic E-state index is -0.0283. The van der Waals surface area contributed by atoms with Crippen molar-refractivity contribution < 1.29 is 4.79 Å². The van der Waals surface area contributed by atoms with Gasteiger partial charge in [0.2, 0.25) is 0 Å². The second kappa shape index (κ2) is 7.39. The molecule has 18 heavy (non-hydrogen) atoms. The first-order valence-electron chi connectivity index (χ1n) is 6.14. The summed E-state index contributed by atoms with van der Waals surface area (Å²) in [4.78, 5) is 13.9. The average molecular weight is 244 g/mol. The van der Waals surface area contributed by atoms with Gasteiger partial charge in [0.05, 0.1) is 0 Å². The molecule has 0 heterocycles. The summed E-state index contributed by atoms with van der Waals surface area (Å²) >= 11 is 0. The van der Waals surface area contributed by atoms with Gasteiger partial charge in [0.15, 0.2) is 0 Å². The van der Waals surface area contributed by atoms with Crippen LogP contribution < -0.4 is 10.2 Å². The molecule has 0 saturated heterocycles. The largest absolute Gasteiger partial charge is 0.378 e. The van der Waals surface area contributed by atoms with Crippen LogP contribution >= 0.6 is 0 Å². The third kappa shape index (κ3) is 4.50. The van der Waals surface area contributed by atoms with Gasteiger partial charge in [0.25, 0.3) is 5.91 Å². The molecular formula is C15H20N2O. The molecule has 0 aliphatic heterocycles. The normalized spacial score (nSPS) is 9.61. The van der Waals surface area contributed by atoms with Crippen molar-refractivity contribution in [1.82, 2.24) is 5.32 Å². The number of rotatable bonds is 6. The monoisotopic (exact) mass is 244 g/mol. The summed E-state index contributed by atoms with van der Waals surface area (Å²) in [5.74, 6) is 2.56. The van der Waals surface area contributed by atoms with Crippen molar-refractivity contribution in [2.45, 2.75) is 19.3 Å². The Morgan fingerprint density at radius 2 is 2.17 bits per heavy atom. The lowest BCUT2D eigenvalue weighted by Gasteiger charge is -2.13. The maximum atomic E-state index is 11.9. The molecule has 1 N–H and O–H groups in total. The fourth-order valence-corrected chi connectivity index (χ4v) is 1.58. The van der Waals surface area contributed by atoms with E-state index in [-0.39, 0.29) is 5.91 Å². The minimum absolute atomic E-state index is 0.0283. The van der Waals surface area contributed by atoms with E-state index in [2.05, 4.69) is 11.2 Å². The molecule has 0 spiro atoms. The number of amides is 1. The van der Waals surface area contributed by atoms with Crippen LogP contribution in [0.25, 0.3) is 0 Å². The van der Waals surface area contributed by atoms with Crippen LogP contribution in [0.4, 0.5) is 5.69 Å². The Labute approximate surface area is 109 Å². The number of carbonyl (C=O) groups is 1. The molecule has 1 rings (SSSR count). The maximum Gasteiger partial charge on any atom is 0.251 e. The highest BCUT2D eigenvalue weighted by Gasteiger charge is 2.05. The van der Waals surface area contributed by atoms with E-state index in [9.17, 15) is 4.79 Å². The predicted molar refractivity (Wildman–Crippen MR) is 75.8 cm³/mol. The van der Waals surface area contributed by atoms with Gasteiger partial charge in [-0.25, -0.2) is 0 Å². The van der Waals surface area contributed by atoms with Crippen molar-refractivity contribution in [3.8, 4) is 12.3 Å². The van der Waals surface area contributed by atoms with E-state index in [1.807, 2.05) is 43.3 Å². The number of nitrogens with one attached hydrogen (secondary N) is 1. The number of nitrogens with zero attached hydrogens (tertiary/aromatic N) is 1. The molecule has 0 aliphatic carbocycles.